The number of Topliss-reactive ketones (excluding diaryl/α,β-unsaturated/α-hetero) is 4. The van der Waals surface area contributed by atoms with Crippen molar-refractivity contribution in [2.75, 3.05) is 27.9 Å². The fourth-order valence-electron chi connectivity index (χ4n) is 7.30. The number of methoxy groups -OCH3 is 2. The van der Waals surface area contributed by atoms with Crippen LogP contribution < -0.4 is 0 Å². The van der Waals surface area contributed by atoms with E-state index in [1.54, 1.807) is 25.8 Å². The van der Waals surface area contributed by atoms with E-state index in [1.165, 1.54) is 21.1 Å². The number of likely N-dealkylation sites (N-methyl/N-ethyl adjacent to an activating group) is 1. The third-order valence-corrected chi connectivity index (χ3v) is 8.96. The van der Waals surface area contributed by atoms with E-state index >= 15 is 0 Å². The van der Waals surface area contributed by atoms with Crippen molar-refractivity contribution < 1.29 is 43.3 Å². The summed E-state index contributed by atoms with van der Waals surface area (Å²) in [5, 5.41) is 11.7. The number of hydrogen-bond donors (Lipinski definition) is 1. The largest absolute Gasteiger partial charge is 0.493 e. The summed E-state index contributed by atoms with van der Waals surface area (Å²) in [6.45, 7) is 4.11. The van der Waals surface area contributed by atoms with Crippen molar-refractivity contribution in [1.82, 2.24) is 9.80 Å². The lowest BCUT2D eigenvalue weighted by Crippen LogP contribution is -2.76. The predicted molar refractivity (Wildman–Crippen MR) is 130 cm³/mol. The van der Waals surface area contributed by atoms with E-state index in [0.29, 0.717) is 11.1 Å². The fraction of sp³-hybridized carbons (Fsp3) is 0.593. The highest BCUT2D eigenvalue weighted by Crippen LogP contribution is 2.50. The Morgan fingerprint density at radius 2 is 1.63 bits per heavy atom. The molecule has 2 saturated heterocycles. The number of esters is 1. The van der Waals surface area contributed by atoms with Gasteiger partial charge in [-0.3, -0.25) is 33.8 Å². The molecule has 3 aliphatic heterocycles. The second-order valence-corrected chi connectivity index (χ2v) is 10.6. The average molecular weight is 529 g/mol. The van der Waals surface area contributed by atoms with E-state index < -0.39 is 54.0 Å². The molecule has 0 spiro atoms. The Bertz CT molecular complexity index is 1260. The van der Waals surface area contributed by atoms with Gasteiger partial charge in [-0.2, -0.15) is 0 Å². The van der Waals surface area contributed by atoms with Crippen LogP contribution in [0.2, 0.25) is 0 Å². The lowest BCUT2D eigenvalue weighted by Gasteiger charge is -2.62. The summed E-state index contributed by atoms with van der Waals surface area (Å²) in [5.41, 5.74) is 1.08. The summed E-state index contributed by atoms with van der Waals surface area (Å²) >= 11 is 0. The first-order valence-corrected chi connectivity index (χ1v) is 12.7. The molecule has 0 amide bonds. The van der Waals surface area contributed by atoms with Crippen molar-refractivity contribution in [1.29, 1.82) is 0 Å². The molecule has 2 fully saturated rings. The maximum atomic E-state index is 13.7. The lowest BCUT2D eigenvalue weighted by molar-refractivity contribution is -0.202. The fourth-order valence-corrected chi connectivity index (χ4v) is 7.30. The van der Waals surface area contributed by atoms with Crippen molar-refractivity contribution in [3.8, 4) is 0 Å². The molecule has 0 saturated carbocycles. The van der Waals surface area contributed by atoms with Gasteiger partial charge in [0, 0.05) is 41.2 Å². The number of ketones is 4. The summed E-state index contributed by atoms with van der Waals surface area (Å²) in [4.78, 5) is 69.6. The molecule has 0 radical (unpaired) electrons. The number of aliphatic hydroxyl groups is 1. The molecule has 0 aromatic heterocycles. The van der Waals surface area contributed by atoms with Crippen LogP contribution in [-0.4, -0.2) is 102 Å². The molecule has 1 N–H and O–H groups in total. The van der Waals surface area contributed by atoms with Crippen LogP contribution in [-0.2, 0) is 38.2 Å². The standard InChI is InChI=1S/C27H32N2O9/c1-10-21(31)13-7-15-20-19-14(22(32)11(2)26(37-6)24(19)34)8-16(28(20)4)27(35)29(15)17(9-38-12(3)30)18(13)23(33)25(10)36-5/h13,15-18,20,27,35H,7-9H2,1-6H3/t13?,15-,16-,17-,18?,20-,27-/m0/s1. The van der Waals surface area contributed by atoms with Gasteiger partial charge in [0.1, 0.15) is 12.8 Å². The van der Waals surface area contributed by atoms with Gasteiger partial charge in [-0.25, -0.2) is 0 Å². The number of piperidine rings is 1. The highest BCUT2D eigenvalue weighted by atomic mass is 16.5. The Kier molecular flexibility index (Phi) is 6.44. The maximum Gasteiger partial charge on any atom is 0.302 e. The Balaban J connectivity index is 1.67. The van der Waals surface area contributed by atoms with Crippen molar-refractivity contribution in [2.24, 2.45) is 11.8 Å². The summed E-state index contributed by atoms with van der Waals surface area (Å²) in [6.07, 6.45) is -0.883. The summed E-state index contributed by atoms with van der Waals surface area (Å²) in [7, 11) is 4.45. The second kappa shape index (κ2) is 9.25. The average Bonchev–Trinajstić information content (AvgIpc) is 2.87. The van der Waals surface area contributed by atoms with E-state index in [2.05, 4.69) is 0 Å². The second-order valence-electron chi connectivity index (χ2n) is 10.6. The molecule has 3 heterocycles. The van der Waals surface area contributed by atoms with E-state index in [4.69, 9.17) is 14.2 Å². The summed E-state index contributed by atoms with van der Waals surface area (Å²) in [6, 6.07) is -2.70. The highest BCUT2D eigenvalue weighted by Gasteiger charge is 2.62. The van der Waals surface area contributed by atoms with Crippen LogP contribution in [0.5, 0.6) is 0 Å². The summed E-state index contributed by atoms with van der Waals surface area (Å²) in [5.74, 6) is -3.64. The number of carbonyl (C=O) groups is 5. The minimum atomic E-state index is -1.16. The van der Waals surface area contributed by atoms with Crippen molar-refractivity contribution in [3.63, 3.8) is 0 Å². The van der Waals surface area contributed by atoms with Gasteiger partial charge < -0.3 is 19.3 Å². The van der Waals surface area contributed by atoms with Crippen LogP contribution in [0.4, 0.5) is 0 Å². The zero-order valence-corrected chi connectivity index (χ0v) is 22.3. The van der Waals surface area contributed by atoms with Gasteiger partial charge in [0.2, 0.25) is 11.6 Å². The Labute approximate surface area is 220 Å². The third kappa shape index (κ3) is 3.48. The molecular formula is C27H32N2O9. The van der Waals surface area contributed by atoms with E-state index in [0.717, 1.165) is 0 Å². The summed E-state index contributed by atoms with van der Waals surface area (Å²) < 4.78 is 16.0. The Hall–Kier alpha value is -3.15. The Morgan fingerprint density at radius 1 is 0.974 bits per heavy atom. The molecule has 11 nitrogen and oxygen atoms in total. The van der Waals surface area contributed by atoms with Crippen molar-refractivity contribution in [3.05, 3.63) is 33.8 Å². The van der Waals surface area contributed by atoms with Gasteiger partial charge in [0.25, 0.3) is 0 Å². The van der Waals surface area contributed by atoms with Crippen LogP contribution in [0, 0.1) is 11.8 Å². The van der Waals surface area contributed by atoms with Gasteiger partial charge >= 0.3 is 5.97 Å². The van der Waals surface area contributed by atoms with Gasteiger partial charge in [0.05, 0.1) is 38.3 Å². The molecule has 5 aliphatic rings. The molecule has 11 heteroatoms. The number of piperazine rings is 1. The van der Waals surface area contributed by atoms with Gasteiger partial charge in [0.15, 0.2) is 23.1 Å². The smallest absolute Gasteiger partial charge is 0.302 e. The van der Waals surface area contributed by atoms with Crippen LogP contribution >= 0.6 is 0 Å². The SMILES string of the molecule is COC1=C(C)C(=O)C2=C(C1=O)[C@@H]1[C@@H]3CC4C(=O)C(C)=C(OC)C(=O)C4[C@H](COC(C)=O)N3[C@@H](O)[C@H](C2)N1C. The zero-order chi connectivity index (χ0) is 27.8. The number of carbonyl (C=O) groups excluding carboxylic acids is 5. The van der Waals surface area contributed by atoms with E-state index in [9.17, 15) is 29.1 Å². The number of rotatable bonds is 4. The number of fused-ring (bicyclic) bond motifs is 6. The molecule has 7 atom stereocenters. The first-order chi connectivity index (χ1) is 18.0. The molecule has 38 heavy (non-hydrogen) atoms. The molecule has 204 valence electrons. The van der Waals surface area contributed by atoms with E-state index in [1.807, 2.05) is 4.90 Å². The van der Waals surface area contributed by atoms with Crippen molar-refractivity contribution >= 4 is 29.1 Å². The first kappa shape index (κ1) is 26.5. The van der Waals surface area contributed by atoms with E-state index in [-0.39, 0.29) is 59.5 Å². The van der Waals surface area contributed by atoms with Gasteiger partial charge in [-0.1, -0.05) is 0 Å². The van der Waals surface area contributed by atoms with Crippen LogP contribution in [0.25, 0.3) is 0 Å². The minimum absolute atomic E-state index is 0.0177. The molecule has 0 aromatic rings. The monoisotopic (exact) mass is 528 g/mol. The van der Waals surface area contributed by atoms with Gasteiger partial charge in [-0.15, -0.1) is 0 Å². The zero-order valence-electron chi connectivity index (χ0n) is 22.3. The minimum Gasteiger partial charge on any atom is -0.493 e. The highest BCUT2D eigenvalue weighted by molar-refractivity contribution is 6.25. The Morgan fingerprint density at radius 3 is 2.24 bits per heavy atom. The molecule has 0 aromatic carbocycles. The third-order valence-electron chi connectivity index (χ3n) is 8.96. The predicted octanol–water partition coefficient (Wildman–Crippen LogP) is 0.0705. The normalized spacial score (nSPS) is 35.7. The molecule has 2 unspecified atom stereocenters. The van der Waals surface area contributed by atoms with Crippen LogP contribution in [0.15, 0.2) is 33.8 Å². The molecular weight excluding hydrogens is 496 g/mol. The molecule has 2 aliphatic carbocycles. The maximum absolute atomic E-state index is 13.7. The lowest BCUT2D eigenvalue weighted by atomic mass is 9.63. The topological polar surface area (TPSA) is 140 Å². The van der Waals surface area contributed by atoms with Crippen LogP contribution in [0.1, 0.15) is 33.6 Å². The number of aliphatic hydroxyl groups excluding tert-OH is 1. The van der Waals surface area contributed by atoms with Gasteiger partial charge in [-0.05, 0) is 33.7 Å². The number of ether oxygens (including phenoxy) is 3. The quantitative estimate of drug-likeness (QED) is 0.392. The number of allylic oxidation sites excluding steroid dienone is 4. The molecule has 5 rings (SSSR count). The number of nitrogens with zero attached hydrogens (tertiary/aromatic N) is 2. The number of hydrogen-bond acceptors (Lipinski definition) is 11. The first-order valence-electron chi connectivity index (χ1n) is 12.7. The van der Waals surface area contributed by atoms with Crippen molar-refractivity contribution in [2.45, 2.75) is 64.0 Å². The molecule has 2 bridgehead atoms. The van der Waals surface area contributed by atoms with Crippen LogP contribution in [0.3, 0.4) is 0 Å².